The molecule has 0 radical (unpaired) electrons. The smallest absolute Gasteiger partial charge is 0.282 e. The molecule has 0 spiro atoms. The second-order valence-corrected chi connectivity index (χ2v) is 8.53. The van der Waals surface area contributed by atoms with Crippen LogP contribution in [0.4, 0.5) is 0 Å². The van der Waals surface area contributed by atoms with Gasteiger partial charge in [0.2, 0.25) is 0 Å². The van der Waals surface area contributed by atoms with E-state index in [1.807, 2.05) is 0 Å². The predicted octanol–water partition coefficient (Wildman–Crippen LogP) is 1.56. The number of hydrogen-bond acceptors (Lipinski definition) is 3. The summed E-state index contributed by atoms with van der Waals surface area (Å²) in [6.07, 6.45) is 7.21. The molecule has 1 unspecified atom stereocenters. The van der Waals surface area contributed by atoms with Gasteiger partial charge in [-0.15, -0.1) is 0 Å². The topological polar surface area (TPSA) is 66.6 Å². The highest BCUT2D eigenvalue weighted by Gasteiger charge is 2.43. The average molecular weight is 303 g/mol. The van der Waals surface area contributed by atoms with Crippen LogP contribution in [0.15, 0.2) is 0 Å². The third-order valence-corrected chi connectivity index (χ3v) is 7.19. The molecule has 0 aromatic carbocycles. The number of nitrogens with zero attached hydrogens (tertiary/aromatic N) is 2. The molecule has 118 valence electrons. The van der Waals surface area contributed by atoms with E-state index < -0.39 is 10.2 Å². The second-order valence-electron chi connectivity index (χ2n) is 6.57. The highest BCUT2D eigenvalue weighted by atomic mass is 32.2. The predicted molar refractivity (Wildman–Crippen MR) is 81.5 cm³/mol. The lowest BCUT2D eigenvalue weighted by atomic mass is 9.82. The fourth-order valence-electron chi connectivity index (χ4n) is 3.63. The van der Waals surface area contributed by atoms with Gasteiger partial charge < -0.3 is 5.73 Å². The number of likely N-dealkylation sites (N-methyl/N-ethyl adjacent to an activating group) is 1. The molecule has 6 heteroatoms. The van der Waals surface area contributed by atoms with Crippen LogP contribution in [0, 0.1) is 5.92 Å². The van der Waals surface area contributed by atoms with E-state index in [9.17, 15) is 8.42 Å². The molecule has 1 saturated carbocycles. The molecule has 0 aromatic heterocycles. The molecule has 20 heavy (non-hydrogen) atoms. The first-order valence-corrected chi connectivity index (χ1v) is 9.26. The summed E-state index contributed by atoms with van der Waals surface area (Å²) >= 11 is 0. The van der Waals surface area contributed by atoms with Gasteiger partial charge in [0, 0.05) is 32.2 Å². The van der Waals surface area contributed by atoms with Crippen molar-refractivity contribution in [2.75, 3.05) is 26.7 Å². The van der Waals surface area contributed by atoms with Crippen LogP contribution < -0.4 is 5.73 Å². The third-order valence-electron chi connectivity index (χ3n) is 5.12. The minimum atomic E-state index is -3.38. The Morgan fingerprint density at radius 2 is 1.90 bits per heavy atom. The molecular formula is C14H29N3O2S. The maximum Gasteiger partial charge on any atom is 0.282 e. The zero-order valence-corrected chi connectivity index (χ0v) is 13.7. The van der Waals surface area contributed by atoms with Crippen molar-refractivity contribution in [2.45, 2.75) is 57.4 Å². The van der Waals surface area contributed by atoms with Gasteiger partial charge in [0.25, 0.3) is 10.2 Å². The van der Waals surface area contributed by atoms with E-state index in [4.69, 9.17) is 5.73 Å². The lowest BCUT2D eigenvalue weighted by molar-refractivity contribution is 0.144. The van der Waals surface area contributed by atoms with E-state index in [2.05, 4.69) is 6.92 Å². The maximum atomic E-state index is 12.9. The fourth-order valence-corrected chi connectivity index (χ4v) is 5.53. The van der Waals surface area contributed by atoms with Crippen molar-refractivity contribution in [3.8, 4) is 0 Å². The average Bonchev–Trinajstić information content (AvgIpc) is 2.47. The molecule has 1 atom stereocenters. The second kappa shape index (κ2) is 6.30. The van der Waals surface area contributed by atoms with Gasteiger partial charge in [-0.05, 0) is 31.6 Å². The lowest BCUT2D eigenvalue weighted by Gasteiger charge is -2.45. The molecule has 1 saturated heterocycles. The summed E-state index contributed by atoms with van der Waals surface area (Å²) < 4.78 is 29.0. The molecule has 1 heterocycles. The Bertz CT molecular complexity index is 418. The van der Waals surface area contributed by atoms with Crippen LogP contribution >= 0.6 is 0 Å². The van der Waals surface area contributed by atoms with Crippen LogP contribution in [0.3, 0.4) is 0 Å². The zero-order chi connectivity index (χ0) is 14.8. The van der Waals surface area contributed by atoms with Crippen molar-refractivity contribution in [1.82, 2.24) is 8.61 Å². The summed E-state index contributed by atoms with van der Waals surface area (Å²) in [6, 6.07) is 0. The van der Waals surface area contributed by atoms with Gasteiger partial charge in [-0.3, -0.25) is 0 Å². The van der Waals surface area contributed by atoms with Crippen LogP contribution in [-0.4, -0.2) is 49.2 Å². The fraction of sp³-hybridized carbons (Fsp3) is 1.00. The molecule has 2 fully saturated rings. The highest BCUT2D eigenvalue weighted by molar-refractivity contribution is 7.86. The van der Waals surface area contributed by atoms with Crippen molar-refractivity contribution in [2.24, 2.45) is 11.7 Å². The van der Waals surface area contributed by atoms with Gasteiger partial charge in [0.05, 0.1) is 0 Å². The normalized spacial score (nSPS) is 28.7. The Balaban J connectivity index is 2.18. The summed E-state index contributed by atoms with van der Waals surface area (Å²) in [4.78, 5) is 0. The summed E-state index contributed by atoms with van der Waals surface area (Å²) in [5.74, 6) is 0.451. The van der Waals surface area contributed by atoms with E-state index in [1.54, 1.807) is 15.7 Å². The molecule has 2 aliphatic rings. The summed E-state index contributed by atoms with van der Waals surface area (Å²) in [5, 5.41) is 0. The van der Waals surface area contributed by atoms with E-state index in [1.165, 1.54) is 6.42 Å². The third kappa shape index (κ3) is 3.03. The minimum absolute atomic E-state index is 0.363. The number of rotatable bonds is 4. The lowest BCUT2D eigenvalue weighted by Crippen LogP contribution is -2.59. The van der Waals surface area contributed by atoms with Gasteiger partial charge in [0.1, 0.15) is 0 Å². The van der Waals surface area contributed by atoms with Crippen molar-refractivity contribution >= 4 is 10.2 Å². The van der Waals surface area contributed by atoms with Gasteiger partial charge >= 0.3 is 0 Å². The van der Waals surface area contributed by atoms with Gasteiger partial charge in [0.15, 0.2) is 0 Å². The van der Waals surface area contributed by atoms with Crippen LogP contribution in [0.2, 0.25) is 0 Å². The van der Waals surface area contributed by atoms with Crippen LogP contribution in [0.1, 0.15) is 51.9 Å². The Morgan fingerprint density at radius 1 is 1.25 bits per heavy atom. The Kier molecular flexibility index (Phi) is 5.10. The summed E-state index contributed by atoms with van der Waals surface area (Å²) in [6.45, 7) is 3.85. The Labute approximate surface area is 123 Å². The first-order chi connectivity index (χ1) is 9.42. The van der Waals surface area contributed by atoms with Crippen LogP contribution in [0.5, 0.6) is 0 Å². The largest absolute Gasteiger partial charge is 0.329 e. The molecule has 0 bridgehead atoms. The zero-order valence-electron chi connectivity index (χ0n) is 12.8. The highest BCUT2D eigenvalue weighted by Crippen LogP contribution is 2.35. The van der Waals surface area contributed by atoms with Crippen LogP contribution in [0.25, 0.3) is 0 Å². The first-order valence-electron chi connectivity index (χ1n) is 7.86. The van der Waals surface area contributed by atoms with Crippen molar-refractivity contribution in [3.63, 3.8) is 0 Å². The van der Waals surface area contributed by atoms with Crippen molar-refractivity contribution in [1.29, 1.82) is 0 Å². The monoisotopic (exact) mass is 303 g/mol. The molecule has 0 aromatic rings. The van der Waals surface area contributed by atoms with Gasteiger partial charge in [-0.1, -0.05) is 26.2 Å². The van der Waals surface area contributed by atoms with Gasteiger partial charge in [-0.2, -0.15) is 17.0 Å². The molecule has 1 aliphatic heterocycles. The molecule has 2 rings (SSSR count). The first kappa shape index (κ1) is 16.2. The molecule has 0 amide bonds. The number of nitrogens with two attached hydrogens (primary N) is 1. The summed E-state index contributed by atoms with van der Waals surface area (Å²) in [5.41, 5.74) is 5.60. The van der Waals surface area contributed by atoms with Gasteiger partial charge in [-0.25, -0.2) is 0 Å². The quantitative estimate of drug-likeness (QED) is 0.857. The standard InChI is InChI=1S/C14H29N3O2S/c1-13-7-6-10-17(11-13)20(18,19)16(2)14(12-15)8-4-3-5-9-14/h13H,3-12,15H2,1-2H3. The molecular weight excluding hydrogens is 274 g/mol. The minimum Gasteiger partial charge on any atom is -0.329 e. The molecule has 2 N–H and O–H groups in total. The number of hydrogen-bond donors (Lipinski definition) is 1. The number of piperidine rings is 1. The van der Waals surface area contributed by atoms with E-state index in [0.29, 0.717) is 25.6 Å². The van der Waals surface area contributed by atoms with Crippen molar-refractivity contribution < 1.29 is 8.42 Å². The maximum absolute atomic E-state index is 12.9. The van der Waals surface area contributed by atoms with E-state index in [-0.39, 0.29) is 5.54 Å². The van der Waals surface area contributed by atoms with Crippen molar-refractivity contribution in [3.05, 3.63) is 0 Å². The SMILES string of the molecule is CC1CCCN(S(=O)(=O)N(C)C2(CN)CCCCC2)C1. The molecule has 1 aliphatic carbocycles. The summed E-state index contributed by atoms with van der Waals surface area (Å²) in [7, 11) is -1.65. The molecule has 5 nitrogen and oxygen atoms in total. The Morgan fingerprint density at radius 3 is 2.45 bits per heavy atom. The Hall–Kier alpha value is -0.170. The van der Waals surface area contributed by atoms with E-state index >= 15 is 0 Å². The van der Waals surface area contributed by atoms with E-state index in [0.717, 1.165) is 38.5 Å². The van der Waals surface area contributed by atoms with Crippen LogP contribution in [-0.2, 0) is 10.2 Å².